The zero-order chi connectivity index (χ0) is 20.2. The Balaban J connectivity index is 1.27. The van der Waals surface area contributed by atoms with Crippen LogP contribution in [0.2, 0.25) is 0 Å². The Morgan fingerprint density at radius 1 is 1.03 bits per heavy atom. The lowest BCUT2D eigenvalue weighted by atomic mass is 9.84. The number of hydrogen-bond donors (Lipinski definition) is 1. The number of carbonyl (C=O) groups excluding carboxylic acids is 2. The quantitative estimate of drug-likeness (QED) is 0.700. The minimum atomic E-state index is -0.536. The third-order valence-corrected chi connectivity index (χ3v) is 6.21. The first-order chi connectivity index (χ1) is 14.1. The van der Waals surface area contributed by atoms with Gasteiger partial charge in [0.2, 0.25) is 0 Å². The van der Waals surface area contributed by atoms with Crippen molar-refractivity contribution < 1.29 is 19.1 Å². The first kappa shape index (κ1) is 19.5. The third kappa shape index (κ3) is 4.78. The van der Waals surface area contributed by atoms with E-state index in [0.717, 1.165) is 11.8 Å². The van der Waals surface area contributed by atoms with Crippen LogP contribution in [0.1, 0.15) is 43.0 Å². The normalized spacial score (nSPS) is 23.4. The number of amides is 1. The molecule has 2 fully saturated rings. The van der Waals surface area contributed by atoms with E-state index >= 15 is 0 Å². The van der Waals surface area contributed by atoms with Gasteiger partial charge in [-0.1, -0.05) is 30.7 Å². The summed E-state index contributed by atoms with van der Waals surface area (Å²) in [5.41, 5.74) is 0.354. The molecule has 0 saturated heterocycles. The molecule has 152 valence electrons. The molecule has 29 heavy (non-hydrogen) atoms. The molecule has 0 aliphatic heterocycles. The van der Waals surface area contributed by atoms with Gasteiger partial charge < -0.3 is 14.8 Å². The Morgan fingerprint density at radius 3 is 2.55 bits per heavy atom. The van der Waals surface area contributed by atoms with Crippen LogP contribution < -0.4 is 10.1 Å². The SMILES string of the molecule is C[C@@H](NC(=O)COC(=O)c1cccc(Oc2ccccc2)c1)[C@@H]1C[C@@H]2CC[C@@H]1C2. The van der Waals surface area contributed by atoms with E-state index in [-0.39, 0.29) is 18.6 Å². The van der Waals surface area contributed by atoms with Gasteiger partial charge >= 0.3 is 5.97 Å². The van der Waals surface area contributed by atoms with E-state index in [1.54, 1.807) is 24.3 Å². The van der Waals surface area contributed by atoms with Crippen LogP contribution in [-0.2, 0) is 9.53 Å². The summed E-state index contributed by atoms with van der Waals surface area (Å²) in [6, 6.07) is 16.2. The molecule has 2 aliphatic carbocycles. The van der Waals surface area contributed by atoms with Crippen molar-refractivity contribution in [3.05, 3.63) is 60.2 Å². The van der Waals surface area contributed by atoms with Crippen LogP contribution in [0, 0.1) is 17.8 Å². The molecule has 0 heterocycles. The van der Waals surface area contributed by atoms with Crippen LogP contribution in [0.15, 0.2) is 54.6 Å². The Bertz CT molecular complexity index is 866. The molecule has 2 bridgehead atoms. The van der Waals surface area contributed by atoms with E-state index in [1.807, 2.05) is 30.3 Å². The number of rotatable bonds is 7. The summed E-state index contributed by atoms with van der Waals surface area (Å²) < 4.78 is 11.0. The lowest BCUT2D eigenvalue weighted by Gasteiger charge is -2.28. The molecule has 0 spiro atoms. The second-order valence-corrected chi connectivity index (χ2v) is 8.21. The van der Waals surface area contributed by atoms with E-state index in [2.05, 4.69) is 12.2 Å². The predicted octanol–water partition coefficient (Wildman–Crippen LogP) is 4.58. The van der Waals surface area contributed by atoms with Gasteiger partial charge in [0, 0.05) is 6.04 Å². The number of carbonyl (C=O) groups is 2. The van der Waals surface area contributed by atoms with Crippen molar-refractivity contribution in [1.82, 2.24) is 5.32 Å². The van der Waals surface area contributed by atoms with Gasteiger partial charge in [-0.2, -0.15) is 0 Å². The third-order valence-electron chi connectivity index (χ3n) is 6.21. The number of para-hydroxylation sites is 1. The van der Waals surface area contributed by atoms with Crippen molar-refractivity contribution in [2.75, 3.05) is 6.61 Å². The van der Waals surface area contributed by atoms with E-state index in [4.69, 9.17) is 9.47 Å². The summed E-state index contributed by atoms with van der Waals surface area (Å²) in [5, 5.41) is 3.02. The largest absolute Gasteiger partial charge is 0.457 e. The van der Waals surface area contributed by atoms with Gasteiger partial charge in [0.05, 0.1) is 5.56 Å². The van der Waals surface area contributed by atoms with Crippen molar-refractivity contribution in [3.8, 4) is 11.5 Å². The van der Waals surface area contributed by atoms with Gasteiger partial charge in [0.25, 0.3) is 5.91 Å². The molecule has 0 unspecified atom stereocenters. The Labute approximate surface area is 171 Å². The van der Waals surface area contributed by atoms with E-state index in [9.17, 15) is 9.59 Å². The van der Waals surface area contributed by atoms with Crippen molar-refractivity contribution in [3.63, 3.8) is 0 Å². The van der Waals surface area contributed by atoms with E-state index in [1.165, 1.54) is 25.7 Å². The summed E-state index contributed by atoms with van der Waals surface area (Å²) >= 11 is 0. The fourth-order valence-electron chi connectivity index (χ4n) is 4.83. The van der Waals surface area contributed by atoms with Gasteiger partial charge in [-0.25, -0.2) is 4.79 Å². The summed E-state index contributed by atoms with van der Waals surface area (Å²) in [5.74, 6) is 2.58. The van der Waals surface area contributed by atoms with Gasteiger partial charge in [-0.15, -0.1) is 0 Å². The molecule has 2 aromatic carbocycles. The van der Waals surface area contributed by atoms with Crippen molar-refractivity contribution in [2.45, 2.75) is 38.6 Å². The zero-order valence-electron chi connectivity index (χ0n) is 16.7. The summed E-state index contributed by atoms with van der Waals surface area (Å²) in [6.07, 6.45) is 5.14. The van der Waals surface area contributed by atoms with Crippen LogP contribution in [0.4, 0.5) is 0 Å². The standard InChI is InChI=1S/C24H27NO4/c1-16(22-13-17-10-11-18(22)12-17)25-23(26)15-28-24(27)19-6-5-9-21(14-19)29-20-7-3-2-4-8-20/h2-9,14,16-18,22H,10-13,15H2,1H3,(H,25,26)/t16-,17-,18-,22+/m1/s1. The first-order valence-electron chi connectivity index (χ1n) is 10.4. The van der Waals surface area contributed by atoms with E-state index in [0.29, 0.717) is 23.0 Å². The second-order valence-electron chi connectivity index (χ2n) is 8.21. The molecular weight excluding hydrogens is 366 g/mol. The molecule has 0 radical (unpaired) electrons. The van der Waals surface area contributed by atoms with Crippen molar-refractivity contribution >= 4 is 11.9 Å². The molecule has 2 aromatic rings. The average Bonchev–Trinajstić information content (AvgIpc) is 3.37. The summed E-state index contributed by atoms with van der Waals surface area (Å²) in [6.45, 7) is 1.79. The monoisotopic (exact) mass is 393 g/mol. The fourth-order valence-corrected chi connectivity index (χ4v) is 4.83. The maximum absolute atomic E-state index is 12.3. The second kappa shape index (κ2) is 8.68. The zero-order valence-corrected chi connectivity index (χ0v) is 16.7. The van der Waals surface area contributed by atoms with Crippen LogP contribution in [0.25, 0.3) is 0 Å². The highest BCUT2D eigenvalue weighted by Crippen LogP contribution is 2.49. The van der Waals surface area contributed by atoms with Gasteiger partial charge in [0.1, 0.15) is 11.5 Å². The van der Waals surface area contributed by atoms with Crippen LogP contribution in [0.3, 0.4) is 0 Å². The number of nitrogens with one attached hydrogen (secondary N) is 1. The molecule has 5 nitrogen and oxygen atoms in total. The molecule has 4 atom stereocenters. The smallest absolute Gasteiger partial charge is 0.338 e. The maximum atomic E-state index is 12.3. The minimum absolute atomic E-state index is 0.124. The topological polar surface area (TPSA) is 64.6 Å². The highest BCUT2D eigenvalue weighted by atomic mass is 16.5. The Hall–Kier alpha value is -2.82. The van der Waals surface area contributed by atoms with Crippen LogP contribution in [-0.4, -0.2) is 24.5 Å². The summed E-state index contributed by atoms with van der Waals surface area (Å²) in [7, 11) is 0. The van der Waals surface area contributed by atoms with Gasteiger partial charge in [-0.05, 0) is 74.3 Å². The molecular formula is C24H27NO4. The number of fused-ring (bicyclic) bond motifs is 2. The molecule has 1 amide bonds. The van der Waals surface area contributed by atoms with E-state index < -0.39 is 5.97 Å². The highest BCUT2D eigenvalue weighted by molar-refractivity contribution is 5.91. The highest BCUT2D eigenvalue weighted by Gasteiger charge is 2.42. The maximum Gasteiger partial charge on any atom is 0.338 e. The first-order valence-corrected chi connectivity index (χ1v) is 10.4. The minimum Gasteiger partial charge on any atom is -0.457 e. The molecule has 0 aromatic heterocycles. The number of esters is 1. The van der Waals surface area contributed by atoms with Crippen LogP contribution in [0.5, 0.6) is 11.5 Å². The van der Waals surface area contributed by atoms with Crippen molar-refractivity contribution in [2.24, 2.45) is 17.8 Å². The number of hydrogen-bond acceptors (Lipinski definition) is 4. The average molecular weight is 393 g/mol. The molecule has 1 N–H and O–H groups in total. The fraction of sp³-hybridized carbons (Fsp3) is 0.417. The molecule has 2 saturated carbocycles. The lowest BCUT2D eigenvalue weighted by Crippen LogP contribution is -2.42. The van der Waals surface area contributed by atoms with Crippen molar-refractivity contribution in [1.29, 1.82) is 0 Å². The lowest BCUT2D eigenvalue weighted by molar-refractivity contribution is -0.125. The van der Waals surface area contributed by atoms with Gasteiger partial charge in [0.15, 0.2) is 6.61 Å². The summed E-state index contributed by atoms with van der Waals surface area (Å²) in [4.78, 5) is 24.6. The Morgan fingerprint density at radius 2 is 1.83 bits per heavy atom. The number of ether oxygens (including phenoxy) is 2. The van der Waals surface area contributed by atoms with Crippen LogP contribution >= 0.6 is 0 Å². The predicted molar refractivity (Wildman–Crippen MR) is 110 cm³/mol. The molecule has 5 heteroatoms. The molecule has 2 aliphatic rings. The van der Waals surface area contributed by atoms with Gasteiger partial charge in [-0.3, -0.25) is 4.79 Å². The molecule has 4 rings (SSSR count). The Kier molecular flexibility index (Phi) is 5.84. The number of benzene rings is 2.